The van der Waals surface area contributed by atoms with Crippen molar-refractivity contribution in [3.05, 3.63) is 35.9 Å². The number of halogens is 2. The monoisotopic (exact) mass is 361 g/mol. The zero-order chi connectivity index (χ0) is 17.9. The van der Waals surface area contributed by atoms with Gasteiger partial charge in [0.2, 0.25) is 0 Å². The second kappa shape index (κ2) is 7.12. The number of rotatable bonds is 7. The van der Waals surface area contributed by atoms with Crippen molar-refractivity contribution in [2.45, 2.75) is 24.5 Å². The maximum Gasteiger partial charge on any atom is 0.387 e. The normalized spacial score (nSPS) is 13.1. The standard InChI is InChI=1S/C14H17F2N3O4S/c1-9(13-18-17-8-19(13)2)24(20,21)7-10-4-5-11(23-14(15)16)12(6-10)22-3/h4-6,8-9,14H,7H2,1-3H3. The molecule has 0 spiro atoms. The van der Waals surface area contributed by atoms with E-state index in [-0.39, 0.29) is 17.3 Å². The van der Waals surface area contributed by atoms with Gasteiger partial charge in [0.1, 0.15) is 11.6 Å². The van der Waals surface area contributed by atoms with Crippen molar-refractivity contribution >= 4 is 9.84 Å². The van der Waals surface area contributed by atoms with Crippen LogP contribution in [0.3, 0.4) is 0 Å². The van der Waals surface area contributed by atoms with Crippen molar-refractivity contribution in [1.82, 2.24) is 14.8 Å². The number of aromatic nitrogens is 3. The highest BCUT2D eigenvalue weighted by Crippen LogP contribution is 2.31. The van der Waals surface area contributed by atoms with Crippen molar-refractivity contribution < 1.29 is 26.7 Å². The summed E-state index contributed by atoms with van der Waals surface area (Å²) in [5.41, 5.74) is 0.391. The van der Waals surface area contributed by atoms with Crippen LogP contribution in [0.4, 0.5) is 8.78 Å². The lowest BCUT2D eigenvalue weighted by atomic mass is 10.2. The summed E-state index contributed by atoms with van der Waals surface area (Å²) in [5.74, 6) is -0.101. The lowest BCUT2D eigenvalue weighted by Gasteiger charge is -2.14. The number of aryl methyl sites for hydroxylation is 1. The van der Waals surface area contributed by atoms with Gasteiger partial charge in [-0.3, -0.25) is 0 Å². The molecule has 0 amide bonds. The van der Waals surface area contributed by atoms with Gasteiger partial charge in [-0.1, -0.05) is 6.07 Å². The predicted molar refractivity (Wildman–Crippen MR) is 81.7 cm³/mol. The van der Waals surface area contributed by atoms with Gasteiger partial charge in [0.15, 0.2) is 27.2 Å². The highest BCUT2D eigenvalue weighted by molar-refractivity contribution is 7.90. The summed E-state index contributed by atoms with van der Waals surface area (Å²) in [4.78, 5) is 0. The zero-order valence-electron chi connectivity index (χ0n) is 13.3. The Balaban J connectivity index is 2.25. The molecule has 0 aliphatic rings. The molecule has 2 rings (SSSR count). The van der Waals surface area contributed by atoms with Crippen LogP contribution in [0.1, 0.15) is 23.6 Å². The van der Waals surface area contributed by atoms with E-state index in [4.69, 9.17) is 4.74 Å². The van der Waals surface area contributed by atoms with Crippen LogP contribution in [-0.4, -0.2) is 36.9 Å². The molecule has 2 aromatic rings. The number of nitrogens with zero attached hydrogens (tertiary/aromatic N) is 3. The molecule has 0 saturated carbocycles. The van der Waals surface area contributed by atoms with E-state index < -0.39 is 21.7 Å². The van der Waals surface area contributed by atoms with Gasteiger partial charge in [0, 0.05) is 7.05 Å². The number of sulfone groups is 1. The number of benzene rings is 1. The molecule has 0 bridgehead atoms. The number of hydrogen-bond acceptors (Lipinski definition) is 6. The van der Waals surface area contributed by atoms with E-state index in [9.17, 15) is 17.2 Å². The smallest absolute Gasteiger partial charge is 0.387 e. The molecule has 0 saturated heterocycles. The van der Waals surface area contributed by atoms with Gasteiger partial charge < -0.3 is 14.0 Å². The van der Waals surface area contributed by atoms with E-state index in [1.165, 1.54) is 43.1 Å². The fourth-order valence-electron chi connectivity index (χ4n) is 2.17. The largest absolute Gasteiger partial charge is 0.493 e. The molecular formula is C14H17F2N3O4S. The van der Waals surface area contributed by atoms with Gasteiger partial charge in [0.05, 0.1) is 12.9 Å². The Morgan fingerprint density at radius 3 is 2.54 bits per heavy atom. The van der Waals surface area contributed by atoms with E-state index in [0.717, 1.165) is 0 Å². The fourth-order valence-corrected chi connectivity index (χ4v) is 3.60. The fraction of sp³-hybridized carbons (Fsp3) is 0.429. The zero-order valence-corrected chi connectivity index (χ0v) is 14.1. The minimum atomic E-state index is -3.59. The second-order valence-corrected chi connectivity index (χ2v) is 7.43. The molecule has 1 heterocycles. The van der Waals surface area contributed by atoms with Gasteiger partial charge in [0.25, 0.3) is 0 Å². The Labute approximate surface area is 138 Å². The molecule has 1 aromatic carbocycles. The van der Waals surface area contributed by atoms with E-state index >= 15 is 0 Å². The quantitative estimate of drug-likeness (QED) is 0.751. The van der Waals surface area contributed by atoms with Crippen molar-refractivity contribution in [3.8, 4) is 11.5 Å². The first-order valence-electron chi connectivity index (χ1n) is 6.91. The Kier molecular flexibility index (Phi) is 5.37. The van der Waals surface area contributed by atoms with Crippen LogP contribution in [0.2, 0.25) is 0 Å². The minimum absolute atomic E-state index is 0.0364. The molecule has 0 N–H and O–H groups in total. The number of ether oxygens (including phenoxy) is 2. The third-order valence-corrected chi connectivity index (χ3v) is 5.48. The van der Waals surface area contributed by atoms with Crippen LogP contribution in [0.15, 0.2) is 24.5 Å². The van der Waals surface area contributed by atoms with E-state index in [1.807, 2.05) is 0 Å². The summed E-state index contributed by atoms with van der Waals surface area (Å²) in [6.07, 6.45) is 1.42. The highest BCUT2D eigenvalue weighted by Gasteiger charge is 2.27. The molecule has 0 radical (unpaired) electrons. The van der Waals surface area contributed by atoms with Crippen LogP contribution in [0.5, 0.6) is 11.5 Å². The van der Waals surface area contributed by atoms with Crippen LogP contribution >= 0.6 is 0 Å². The van der Waals surface area contributed by atoms with Crippen LogP contribution in [0.25, 0.3) is 0 Å². The van der Waals surface area contributed by atoms with Crippen molar-refractivity contribution in [1.29, 1.82) is 0 Å². The maximum absolute atomic E-state index is 12.5. The minimum Gasteiger partial charge on any atom is -0.493 e. The first-order valence-corrected chi connectivity index (χ1v) is 8.63. The van der Waals surface area contributed by atoms with Gasteiger partial charge >= 0.3 is 6.61 Å². The van der Waals surface area contributed by atoms with E-state index in [0.29, 0.717) is 11.4 Å². The van der Waals surface area contributed by atoms with Gasteiger partial charge in [-0.2, -0.15) is 8.78 Å². The van der Waals surface area contributed by atoms with Crippen molar-refractivity contribution in [2.75, 3.05) is 7.11 Å². The van der Waals surface area contributed by atoms with Gasteiger partial charge in [-0.05, 0) is 24.6 Å². The molecule has 0 aliphatic heterocycles. The summed E-state index contributed by atoms with van der Waals surface area (Å²) in [5, 5.41) is 6.61. The molecule has 10 heteroatoms. The Morgan fingerprint density at radius 1 is 1.29 bits per heavy atom. The first-order chi connectivity index (χ1) is 11.2. The maximum atomic E-state index is 12.5. The van der Waals surface area contributed by atoms with Crippen LogP contribution in [-0.2, 0) is 22.6 Å². The second-order valence-electron chi connectivity index (χ2n) is 5.11. The number of alkyl halides is 2. The molecule has 0 fully saturated rings. The third kappa shape index (κ3) is 3.99. The summed E-state index contributed by atoms with van der Waals surface area (Å²) < 4.78 is 60.5. The van der Waals surface area contributed by atoms with Crippen molar-refractivity contribution in [3.63, 3.8) is 0 Å². The summed E-state index contributed by atoms with van der Waals surface area (Å²) in [6, 6.07) is 4.02. The molecule has 1 atom stereocenters. The Hall–Kier alpha value is -2.23. The molecule has 1 aromatic heterocycles. The summed E-state index contributed by atoms with van der Waals surface area (Å²) >= 11 is 0. The van der Waals surface area contributed by atoms with Gasteiger partial charge in [-0.15, -0.1) is 10.2 Å². The summed E-state index contributed by atoms with van der Waals surface area (Å²) in [6.45, 7) is -1.48. The Morgan fingerprint density at radius 2 is 2.00 bits per heavy atom. The molecule has 7 nitrogen and oxygen atoms in total. The lowest BCUT2D eigenvalue weighted by molar-refractivity contribution is -0.0512. The van der Waals surface area contributed by atoms with E-state index in [1.54, 1.807) is 7.05 Å². The first kappa shape index (κ1) is 18.1. The number of methoxy groups -OCH3 is 1. The Bertz CT molecular complexity index is 808. The molecule has 0 aliphatic carbocycles. The van der Waals surface area contributed by atoms with E-state index in [2.05, 4.69) is 14.9 Å². The average Bonchev–Trinajstić information content (AvgIpc) is 2.93. The van der Waals surface area contributed by atoms with Gasteiger partial charge in [-0.25, -0.2) is 8.42 Å². The topological polar surface area (TPSA) is 83.3 Å². The molecule has 132 valence electrons. The van der Waals surface area contributed by atoms with Crippen LogP contribution in [0, 0.1) is 0 Å². The predicted octanol–water partition coefficient (Wildman–Crippen LogP) is 2.10. The average molecular weight is 361 g/mol. The molecule has 24 heavy (non-hydrogen) atoms. The van der Waals surface area contributed by atoms with Crippen molar-refractivity contribution in [2.24, 2.45) is 7.05 Å². The lowest BCUT2D eigenvalue weighted by Crippen LogP contribution is -2.16. The molecule has 1 unspecified atom stereocenters. The third-order valence-electron chi connectivity index (χ3n) is 3.46. The summed E-state index contributed by atoms with van der Waals surface area (Å²) in [7, 11) is -0.648. The van der Waals surface area contributed by atoms with Crippen LogP contribution < -0.4 is 9.47 Å². The molecular weight excluding hydrogens is 344 g/mol. The SMILES string of the molecule is COc1cc(CS(=O)(=O)C(C)c2nncn2C)ccc1OC(F)F. The highest BCUT2D eigenvalue weighted by atomic mass is 32.2. The number of hydrogen-bond donors (Lipinski definition) is 0.